The lowest BCUT2D eigenvalue weighted by Crippen LogP contribution is -2.12. The Bertz CT molecular complexity index is 493. The first kappa shape index (κ1) is 14.9. The van der Waals surface area contributed by atoms with Gasteiger partial charge >= 0.3 is 11.7 Å². The molecular formula is C12H16N2O5. The lowest BCUT2D eigenvalue weighted by molar-refractivity contribution is -0.385. The van der Waals surface area contributed by atoms with Gasteiger partial charge in [0.25, 0.3) is 0 Å². The van der Waals surface area contributed by atoms with Gasteiger partial charge in [0, 0.05) is 6.07 Å². The lowest BCUT2D eigenvalue weighted by atomic mass is 9.93. The van der Waals surface area contributed by atoms with Gasteiger partial charge in [-0.25, -0.2) is 9.78 Å². The maximum atomic E-state index is 10.9. The molecule has 1 rings (SSSR count). The third-order valence-corrected chi connectivity index (χ3v) is 2.39. The number of nitro groups is 1. The van der Waals surface area contributed by atoms with Gasteiger partial charge < -0.3 is 9.84 Å². The Morgan fingerprint density at radius 3 is 2.63 bits per heavy atom. The third-order valence-electron chi connectivity index (χ3n) is 2.39. The van der Waals surface area contributed by atoms with Crippen molar-refractivity contribution >= 4 is 11.7 Å². The molecule has 0 aliphatic carbocycles. The highest BCUT2D eigenvalue weighted by atomic mass is 16.6. The first-order valence-electron chi connectivity index (χ1n) is 5.71. The second-order valence-corrected chi connectivity index (χ2v) is 5.26. The van der Waals surface area contributed by atoms with Gasteiger partial charge in [-0.3, -0.25) is 10.1 Å². The smallest absolute Gasteiger partial charge is 0.342 e. The summed E-state index contributed by atoms with van der Waals surface area (Å²) in [6.07, 6.45) is 1.66. The van der Waals surface area contributed by atoms with Gasteiger partial charge in [0.05, 0.1) is 11.5 Å². The van der Waals surface area contributed by atoms with E-state index in [-0.39, 0.29) is 11.3 Å². The van der Waals surface area contributed by atoms with Crippen molar-refractivity contribution in [1.82, 2.24) is 4.98 Å². The summed E-state index contributed by atoms with van der Waals surface area (Å²) < 4.78 is 5.31. The van der Waals surface area contributed by atoms with Crippen LogP contribution in [0.1, 0.15) is 37.6 Å². The van der Waals surface area contributed by atoms with E-state index in [4.69, 9.17) is 9.84 Å². The fourth-order valence-corrected chi connectivity index (χ4v) is 1.29. The number of carboxylic acid groups (broad SMARTS) is 1. The van der Waals surface area contributed by atoms with Crippen LogP contribution in [-0.2, 0) is 0 Å². The van der Waals surface area contributed by atoms with Crippen molar-refractivity contribution in [3.05, 3.63) is 27.9 Å². The highest BCUT2D eigenvalue weighted by Crippen LogP contribution is 2.23. The largest absolute Gasteiger partial charge is 0.478 e. The summed E-state index contributed by atoms with van der Waals surface area (Å²) in [4.78, 5) is 24.5. The summed E-state index contributed by atoms with van der Waals surface area (Å²) in [6.45, 7) is 6.50. The van der Waals surface area contributed by atoms with E-state index in [2.05, 4.69) is 4.98 Å². The van der Waals surface area contributed by atoms with Crippen LogP contribution in [0.3, 0.4) is 0 Å². The molecule has 0 saturated carbocycles. The van der Waals surface area contributed by atoms with E-state index in [1.54, 1.807) is 0 Å². The zero-order chi connectivity index (χ0) is 14.6. The second-order valence-electron chi connectivity index (χ2n) is 5.26. The molecule has 0 radical (unpaired) electrons. The molecule has 104 valence electrons. The molecule has 0 fully saturated rings. The highest BCUT2D eigenvalue weighted by Gasteiger charge is 2.21. The van der Waals surface area contributed by atoms with Gasteiger partial charge in [0.1, 0.15) is 11.8 Å². The van der Waals surface area contributed by atoms with Gasteiger partial charge in [0.15, 0.2) is 0 Å². The van der Waals surface area contributed by atoms with Gasteiger partial charge in [-0.05, 0) is 11.8 Å². The monoisotopic (exact) mass is 268 g/mol. The first-order valence-corrected chi connectivity index (χ1v) is 5.71. The molecule has 7 nitrogen and oxygen atoms in total. The zero-order valence-corrected chi connectivity index (χ0v) is 11.0. The molecule has 0 saturated heterocycles. The Hall–Kier alpha value is -2.18. The van der Waals surface area contributed by atoms with E-state index in [0.717, 1.165) is 18.7 Å². The number of pyridine rings is 1. The van der Waals surface area contributed by atoms with Gasteiger partial charge in [-0.15, -0.1) is 0 Å². The van der Waals surface area contributed by atoms with Crippen molar-refractivity contribution < 1.29 is 19.6 Å². The Morgan fingerprint density at radius 2 is 2.16 bits per heavy atom. The molecule has 1 heterocycles. The van der Waals surface area contributed by atoms with Gasteiger partial charge in [0.2, 0.25) is 5.88 Å². The first-order chi connectivity index (χ1) is 8.70. The lowest BCUT2D eigenvalue weighted by Gasteiger charge is -2.17. The number of carbonyl (C=O) groups is 1. The second kappa shape index (κ2) is 5.64. The summed E-state index contributed by atoms with van der Waals surface area (Å²) in [6, 6.07) is 1.07. The van der Waals surface area contributed by atoms with Crippen molar-refractivity contribution in [3.8, 4) is 5.88 Å². The Labute approximate surface area is 110 Å². The van der Waals surface area contributed by atoms with E-state index in [9.17, 15) is 14.9 Å². The quantitative estimate of drug-likeness (QED) is 0.650. The van der Waals surface area contributed by atoms with E-state index in [1.165, 1.54) is 0 Å². The van der Waals surface area contributed by atoms with E-state index in [0.29, 0.717) is 6.61 Å². The number of aromatic nitrogens is 1. The number of carboxylic acids is 1. The molecule has 0 aliphatic heterocycles. The van der Waals surface area contributed by atoms with Crippen LogP contribution in [0.2, 0.25) is 0 Å². The van der Waals surface area contributed by atoms with Crippen LogP contribution in [0.15, 0.2) is 12.3 Å². The van der Waals surface area contributed by atoms with Crippen molar-refractivity contribution in [2.24, 2.45) is 5.41 Å². The average molecular weight is 268 g/mol. The maximum Gasteiger partial charge on any atom is 0.342 e. The molecule has 1 aromatic heterocycles. The van der Waals surface area contributed by atoms with Crippen LogP contribution in [0.4, 0.5) is 5.69 Å². The van der Waals surface area contributed by atoms with Gasteiger partial charge in [-0.2, -0.15) is 0 Å². The number of hydrogen-bond acceptors (Lipinski definition) is 5. The van der Waals surface area contributed by atoms with Crippen molar-refractivity contribution in [1.29, 1.82) is 0 Å². The van der Waals surface area contributed by atoms with Crippen LogP contribution in [0, 0.1) is 15.5 Å². The number of hydrogen-bond donors (Lipinski definition) is 1. The van der Waals surface area contributed by atoms with Crippen LogP contribution >= 0.6 is 0 Å². The van der Waals surface area contributed by atoms with Crippen LogP contribution < -0.4 is 4.74 Å². The molecule has 19 heavy (non-hydrogen) atoms. The zero-order valence-electron chi connectivity index (χ0n) is 11.0. The molecule has 0 aromatic carbocycles. The number of rotatable bonds is 5. The minimum absolute atomic E-state index is 0.0762. The predicted molar refractivity (Wildman–Crippen MR) is 67.4 cm³/mol. The normalized spacial score (nSPS) is 11.1. The molecule has 0 aliphatic rings. The minimum atomic E-state index is -1.38. The van der Waals surface area contributed by atoms with Crippen LogP contribution in [0.25, 0.3) is 0 Å². The summed E-state index contributed by atoms with van der Waals surface area (Å²) in [5, 5.41) is 19.6. The topological polar surface area (TPSA) is 103 Å². The molecule has 0 atom stereocenters. The SMILES string of the molecule is CC(C)(C)CCOc1cc(C(=O)O)c([N+](=O)[O-])cn1. The molecule has 7 heteroatoms. The van der Waals surface area contributed by atoms with E-state index < -0.39 is 22.1 Å². The summed E-state index contributed by atoms with van der Waals surface area (Å²) in [7, 11) is 0. The Kier molecular flexibility index (Phi) is 4.42. The predicted octanol–water partition coefficient (Wildman–Crippen LogP) is 2.50. The van der Waals surface area contributed by atoms with Crippen molar-refractivity contribution in [2.75, 3.05) is 6.61 Å². The minimum Gasteiger partial charge on any atom is -0.478 e. The molecule has 1 N–H and O–H groups in total. The summed E-state index contributed by atoms with van der Waals surface area (Å²) >= 11 is 0. The third kappa shape index (κ3) is 4.53. The standard InChI is InChI=1S/C12H16N2O5/c1-12(2,3)4-5-19-10-6-8(11(15)16)9(7-13-10)14(17)18/h6-7H,4-5H2,1-3H3,(H,15,16). The number of ether oxygens (including phenoxy) is 1. The molecule has 0 bridgehead atoms. The Balaban J connectivity index is 2.85. The molecular weight excluding hydrogens is 252 g/mol. The summed E-state index contributed by atoms with van der Waals surface area (Å²) in [5.74, 6) is -1.30. The molecule has 1 aromatic rings. The average Bonchev–Trinajstić information content (AvgIpc) is 2.26. The van der Waals surface area contributed by atoms with Crippen LogP contribution in [-0.4, -0.2) is 27.6 Å². The van der Waals surface area contributed by atoms with Gasteiger partial charge in [-0.1, -0.05) is 20.8 Å². The summed E-state index contributed by atoms with van der Waals surface area (Å²) in [5.41, 5.74) is -0.891. The molecule has 0 amide bonds. The van der Waals surface area contributed by atoms with Crippen molar-refractivity contribution in [3.63, 3.8) is 0 Å². The number of aromatic carboxylic acids is 1. The molecule has 0 unspecified atom stereocenters. The number of nitrogens with zero attached hydrogens (tertiary/aromatic N) is 2. The fraction of sp³-hybridized carbons (Fsp3) is 0.500. The van der Waals surface area contributed by atoms with Crippen LogP contribution in [0.5, 0.6) is 5.88 Å². The molecule has 0 spiro atoms. The maximum absolute atomic E-state index is 10.9. The van der Waals surface area contributed by atoms with Crippen molar-refractivity contribution in [2.45, 2.75) is 27.2 Å². The fourth-order valence-electron chi connectivity index (χ4n) is 1.29. The van der Waals surface area contributed by atoms with E-state index in [1.807, 2.05) is 20.8 Å². The Morgan fingerprint density at radius 1 is 1.53 bits per heavy atom. The highest BCUT2D eigenvalue weighted by molar-refractivity contribution is 5.92. The van der Waals surface area contributed by atoms with E-state index >= 15 is 0 Å².